The van der Waals surface area contributed by atoms with E-state index in [9.17, 15) is 10.2 Å². The van der Waals surface area contributed by atoms with Crippen LogP contribution in [0.25, 0.3) is 11.1 Å². The standard InChI is InChI=1S/C18H22O2/c1-4-12-10-14(6-3)15(11-13(12)5-2)18-16(19)8-7-9-17(18)20/h7-11,19-20H,4-6H2,1-3H3. The van der Waals surface area contributed by atoms with Gasteiger partial charge in [-0.25, -0.2) is 0 Å². The van der Waals surface area contributed by atoms with Gasteiger partial charge in [0.25, 0.3) is 0 Å². The van der Waals surface area contributed by atoms with Gasteiger partial charge in [0.2, 0.25) is 0 Å². The molecule has 0 spiro atoms. The quantitative estimate of drug-likeness (QED) is 0.861. The molecule has 0 aliphatic heterocycles. The first-order valence-corrected chi connectivity index (χ1v) is 7.28. The van der Waals surface area contributed by atoms with E-state index in [-0.39, 0.29) is 11.5 Å². The van der Waals surface area contributed by atoms with E-state index >= 15 is 0 Å². The Morgan fingerprint density at radius 3 is 1.75 bits per heavy atom. The third kappa shape index (κ3) is 2.51. The van der Waals surface area contributed by atoms with Crippen LogP contribution in [0.15, 0.2) is 30.3 Å². The second-order valence-corrected chi connectivity index (χ2v) is 5.01. The molecular weight excluding hydrogens is 248 g/mol. The number of aromatic hydroxyl groups is 2. The van der Waals surface area contributed by atoms with E-state index in [0.29, 0.717) is 5.56 Å². The number of phenols is 2. The summed E-state index contributed by atoms with van der Waals surface area (Å²) in [6, 6.07) is 9.22. The van der Waals surface area contributed by atoms with Crippen LogP contribution >= 0.6 is 0 Å². The van der Waals surface area contributed by atoms with Crippen LogP contribution in [0.2, 0.25) is 0 Å². The Morgan fingerprint density at radius 2 is 1.25 bits per heavy atom. The van der Waals surface area contributed by atoms with Crippen molar-refractivity contribution in [3.05, 3.63) is 47.0 Å². The van der Waals surface area contributed by atoms with Crippen LogP contribution in [0.3, 0.4) is 0 Å². The monoisotopic (exact) mass is 270 g/mol. The van der Waals surface area contributed by atoms with E-state index in [1.165, 1.54) is 11.1 Å². The molecule has 0 atom stereocenters. The van der Waals surface area contributed by atoms with Gasteiger partial charge in [0.05, 0.1) is 5.56 Å². The molecule has 0 amide bonds. The summed E-state index contributed by atoms with van der Waals surface area (Å²) in [6.07, 6.45) is 2.83. The molecule has 2 N–H and O–H groups in total. The number of aryl methyl sites for hydroxylation is 3. The molecule has 106 valence electrons. The zero-order valence-electron chi connectivity index (χ0n) is 12.4. The van der Waals surface area contributed by atoms with E-state index in [2.05, 4.69) is 32.9 Å². The smallest absolute Gasteiger partial charge is 0.127 e. The third-order valence-corrected chi connectivity index (χ3v) is 3.86. The molecule has 0 radical (unpaired) electrons. The normalized spacial score (nSPS) is 10.8. The summed E-state index contributed by atoms with van der Waals surface area (Å²) in [6.45, 7) is 6.39. The SMILES string of the molecule is CCc1cc(CC)c(-c2c(O)cccc2O)cc1CC. The fourth-order valence-electron chi connectivity index (χ4n) is 2.73. The lowest BCUT2D eigenvalue weighted by Gasteiger charge is -2.16. The summed E-state index contributed by atoms with van der Waals surface area (Å²) in [4.78, 5) is 0. The molecule has 2 heteroatoms. The van der Waals surface area contributed by atoms with Crippen molar-refractivity contribution in [3.8, 4) is 22.6 Å². The Labute approximate surface area is 120 Å². The number of phenolic OH excluding ortho intramolecular Hbond substituents is 2. The number of rotatable bonds is 4. The van der Waals surface area contributed by atoms with E-state index in [0.717, 1.165) is 30.4 Å². The predicted octanol–water partition coefficient (Wildman–Crippen LogP) is 4.45. The highest BCUT2D eigenvalue weighted by Gasteiger charge is 2.15. The van der Waals surface area contributed by atoms with Crippen LogP contribution in [0, 0.1) is 0 Å². The molecule has 20 heavy (non-hydrogen) atoms. The van der Waals surface area contributed by atoms with E-state index < -0.39 is 0 Å². The lowest BCUT2D eigenvalue weighted by molar-refractivity contribution is 0.454. The maximum atomic E-state index is 10.1. The van der Waals surface area contributed by atoms with Crippen molar-refractivity contribution in [1.29, 1.82) is 0 Å². The molecule has 0 aromatic heterocycles. The lowest BCUT2D eigenvalue weighted by Crippen LogP contribution is -1.97. The third-order valence-electron chi connectivity index (χ3n) is 3.86. The van der Waals surface area contributed by atoms with Crippen LogP contribution in [-0.4, -0.2) is 10.2 Å². The molecule has 0 saturated heterocycles. The van der Waals surface area contributed by atoms with Gasteiger partial charge < -0.3 is 10.2 Å². The largest absolute Gasteiger partial charge is 0.507 e. The fourth-order valence-corrected chi connectivity index (χ4v) is 2.73. The molecule has 2 aromatic rings. The first-order chi connectivity index (χ1) is 9.62. The van der Waals surface area contributed by atoms with Gasteiger partial charge in [-0.2, -0.15) is 0 Å². The van der Waals surface area contributed by atoms with Gasteiger partial charge in [-0.3, -0.25) is 0 Å². The van der Waals surface area contributed by atoms with Crippen LogP contribution in [0.1, 0.15) is 37.5 Å². The van der Waals surface area contributed by atoms with Crippen molar-refractivity contribution >= 4 is 0 Å². The molecule has 2 nitrogen and oxygen atoms in total. The maximum Gasteiger partial charge on any atom is 0.127 e. The first-order valence-electron chi connectivity index (χ1n) is 7.28. The van der Waals surface area contributed by atoms with Crippen molar-refractivity contribution in [3.63, 3.8) is 0 Å². The molecule has 0 heterocycles. The van der Waals surface area contributed by atoms with Gasteiger partial charge in [-0.15, -0.1) is 0 Å². The van der Waals surface area contributed by atoms with Crippen LogP contribution in [-0.2, 0) is 19.3 Å². The second kappa shape index (κ2) is 6.00. The van der Waals surface area contributed by atoms with Crippen molar-refractivity contribution in [2.24, 2.45) is 0 Å². The van der Waals surface area contributed by atoms with Crippen molar-refractivity contribution < 1.29 is 10.2 Å². The van der Waals surface area contributed by atoms with Crippen molar-refractivity contribution in [1.82, 2.24) is 0 Å². The number of hydrogen-bond donors (Lipinski definition) is 2. The number of hydrogen-bond acceptors (Lipinski definition) is 2. The highest BCUT2D eigenvalue weighted by molar-refractivity contribution is 5.79. The first kappa shape index (κ1) is 14.4. The Balaban J connectivity index is 2.73. The topological polar surface area (TPSA) is 40.5 Å². The molecule has 2 rings (SSSR count). The summed E-state index contributed by atoms with van der Waals surface area (Å²) in [7, 11) is 0. The minimum absolute atomic E-state index is 0.131. The Kier molecular flexibility index (Phi) is 4.33. The van der Waals surface area contributed by atoms with Gasteiger partial charge >= 0.3 is 0 Å². The average Bonchev–Trinajstić information content (AvgIpc) is 2.46. The van der Waals surface area contributed by atoms with Crippen molar-refractivity contribution in [2.45, 2.75) is 40.0 Å². The molecule has 0 bridgehead atoms. The second-order valence-electron chi connectivity index (χ2n) is 5.01. The summed E-state index contributed by atoms with van der Waals surface area (Å²) >= 11 is 0. The molecule has 0 aliphatic rings. The number of benzene rings is 2. The Morgan fingerprint density at radius 1 is 0.750 bits per heavy atom. The summed E-state index contributed by atoms with van der Waals surface area (Å²) in [5.41, 5.74) is 5.28. The Bertz CT molecular complexity index is 595. The summed E-state index contributed by atoms with van der Waals surface area (Å²) in [5.74, 6) is 0.261. The maximum absolute atomic E-state index is 10.1. The average molecular weight is 270 g/mol. The highest BCUT2D eigenvalue weighted by atomic mass is 16.3. The molecular formula is C18H22O2. The predicted molar refractivity (Wildman–Crippen MR) is 83.3 cm³/mol. The molecule has 0 fully saturated rings. The summed E-state index contributed by atoms with van der Waals surface area (Å²) < 4.78 is 0. The molecule has 0 aliphatic carbocycles. The van der Waals surface area contributed by atoms with Crippen molar-refractivity contribution in [2.75, 3.05) is 0 Å². The summed E-state index contributed by atoms with van der Waals surface area (Å²) in [5, 5.41) is 20.2. The van der Waals surface area contributed by atoms with E-state index in [4.69, 9.17) is 0 Å². The van der Waals surface area contributed by atoms with Gasteiger partial charge in [0, 0.05) is 0 Å². The van der Waals surface area contributed by atoms with E-state index in [1.807, 2.05) is 0 Å². The molecule has 0 unspecified atom stereocenters. The fraction of sp³-hybridized carbons (Fsp3) is 0.333. The molecule has 0 saturated carbocycles. The Hall–Kier alpha value is -1.96. The van der Waals surface area contributed by atoms with Gasteiger partial charge in [0.1, 0.15) is 11.5 Å². The minimum Gasteiger partial charge on any atom is -0.507 e. The van der Waals surface area contributed by atoms with Gasteiger partial charge in [-0.05, 0) is 53.6 Å². The van der Waals surface area contributed by atoms with Crippen LogP contribution < -0.4 is 0 Å². The minimum atomic E-state index is 0.131. The zero-order valence-corrected chi connectivity index (χ0v) is 12.4. The lowest BCUT2D eigenvalue weighted by atomic mass is 9.90. The zero-order chi connectivity index (χ0) is 14.7. The molecule has 2 aromatic carbocycles. The van der Waals surface area contributed by atoms with Gasteiger partial charge in [-0.1, -0.05) is 39.0 Å². The van der Waals surface area contributed by atoms with Crippen LogP contribution in [0.4, 0.5) is 0 Å². The van der Waals surface area contributed by atoms with Crippen LogP contribution in [0.5, 0.6) is 11.5 Å². The van der Waals surface area contributed by atoms with Gasteiger partial charge in [0.15, 0.2) is 0 Å². The van der Waals surface area contributed by atoms with E-state index in [1.54, 1.807) is 18.2 Å². The highest BCUT2D eigenvalue weighted by Crippen LogP contribution is 2.40.